The molecule has 0 radical (unpaired) electrons. The van der Waals surface area contributed by atoms with E-state index in [9.17, 15) is 4.79 Å². The van der Waals surface area contributed by atoms with E-state index >= 15 is 4.39 Å². The minimum absolute atomic E-state index is 0.264. The lowest BCUT2D eigenvalue weighted by molar-refractivity contribution is 0.0999. The molecule has 0 saturated carbocycles. The molecule has 1 aliphatic rings. The fourth-order valence-corrected chi connectivity index (χ4v) is 3.93. The maximum Gasteiger partial charge on any atom is 0.249 e. The van der Waals surface area contributed by atoms with Gasteiger partial charge < -0.3 is 5.73 Å². The lowest BCUT2D eigenvalue weighted by atomic mass is 9.91. The van der Waals surface area contributed by atoms with Crippen LogP contribution < -0.4 is 5.73 Å². The van der Waals surface area contributed by atoms with E-state index in [1.54, 1.807) is 6.08 Å². The monoisotopic (exact) mass is 358 g/mol. The Morgan fingerprint density at radius 1 is 1.30 bits per heavy atom. The van der Waals surface area contributed by atoms with Crippen molar-refractivity contribution in [3.63, 3.8) is 0 Å². The molecule has 4 heteroatoms. The highest BCUT2D eigenvalue weighted by atomic mass is 19.1. The van der Waals surface area contributed by atoms with Gasteiger partial charge in [0.05, 0.1) is 5.69 Å². The number of carbonyl (C=O) groups is 1. The van der Waals surface area contributed by atoms with E-state index in [4.69, 9.17) is 5.73 Å². The van der Waals surface area contributed by atoms with Gasteiger partial charge in [0.25, 0.3) is 0 Å². The fraction of sp³-hybridized carbons (Fsp3) is 0.130. The second kappa shape index (κ2) is 6.47. The van der Waals surface area contributed by atoms with Gasteiger partial charge in [0.1, 0.15) is 5.82 Å². The van der Waals surface area contributed by atoms with Crippen molar-refractivity contribution in [2.75, 3.05) is 0 Å². The van der Waals surface area contributed by atoms with E-state index in [2.05, 4.69) is 11.6 Å². The molecule has 2 N–H and O–H groups in total. The van der Waals surface area contributed by atoms with Gasteiger partial charge >= 0.3 is 0 Å². The van der Waals surface area contributed by atoms with E-state index < -0.39 is 11.7 Å². The third kappa shape index (κ3) is 2.93. The number of halogens is 1. The van der Waals surface area contributed by atoms with Gasteiger partial charge in [0.2, 0.25) is 5.91 Å². The molecule has 0 aliphatic heterocycles. The third-order valence-corrected chi connectivity index (χ3v) is 5.03. The van der Waals surface area contributed by atoms with E-state index in [0.717, 1.165) is 39.2 Å². The first-order chi connectivity index (χ1) is 13.0. The summed E-state index contributed by atoms with van der Waals surface area (Å²) in [5, 5.41) is 0. The molecular weight excluding hydrogens is 339 g/mol. The Hall–Kier alpha value is -3.27. The minimum Gasteiger partial charge on any atom is -0.366 e. The summed E-state index contributed by atoms with van der Waals surface area (Å²) in [5.74, 6) is -1.01. The van der Waals surface area contributed by atoms with Crippen LogP contribution in [0.3, 0.4) is 0 Å². The molecule has 0 atom stereocenters. The quantitative estimate of drug-likeness (QED) is 0.587. The number of hydrogen-bond acceptors (Lipinski definition) is 2. The molecule has 4 rings (SSSR count). The van der Waals surface area contributed by atoms with Crippen LogP contribution in [0.4, 0.5) is 4.39 Å². The summed E-state index contributed by atoms with van der Waals surface area (Å²) >= 11 is 0. The number of hydrogen-bond donors (Lipinski definition) is 1. The van der Waals surface area contributed by atoms with Gasteiger partial charge in [0, 0.05) is 23.2 Å². The van der Waals surface area contributed by atoms with Crippen molar-refractivity contribution >= 4 is 12.0 Å². The van der Waals surface area contributed by atoms with Crippen molar-refractivity contribution < 1.29 is 9.18 Å². The van der Waals surface area contributed by atoms with Crippen molar-refractivity contribution in [3.05, 3.63) is 94.1 Å². The predicted octanol–water partition coefficient (Wildman–Crippen LogP) is 4.43. The first kappa shape index (κ1) is 17.2. The fourth-order valence-electron chi connectivity index (χ4n) is 3.93. The van der Waals surface area contributed by atoms with E-state index in [0.29, 0.717) is 18.4 Å². The first-order valence-corrected chi connectivity index (χ1v) is 8.80. The standard InChI is InChI=1S/C23H19FN2O/c1-3-16-9-14(8-13(2)26-16)10-20-21(24)12-19(23(25)27)18-11-15-6-4-5-7-17(15)22(18)20/h3-9,12H,1,10-11H2,2H3,(H2,25,27). The topological polar surface area (TPSA) is 56.0 Å². The molecule has 27 heavy (non-hydrogen) atoms. The number of carbonyl (C=O) groups excluding carboxylic acids is 1. The van der Waals surface area contributed by atoms with Crippen LogP contribution >= 0.6 is 0 Å². The molecule has 0 bridgehead atoms. The molecule has 134 valence electrons. The molecule has 0 fully saturated rings. The van der Waals surface area contributed by atoms with Gasteiger partial charge in [-0.2, -0.15) is 0 Å². The Labute approximate surface area is 157 Å². The predicted molar refractivity (Wildman–Crippen MR) is 105 cm³/mol. The average Bonchev–Trinajstić information content (AvgIpc) is 3.02. The van der Waals surface area contributed by atoms with Crippen molar-refractivity contribution in [1.29, 1.82) is 0 Å². The molecule has 1 heterocycles. The van der Waals surface area contributed by atoms with E-state index in [-0.39, 0.29) is 5.56 Å². The lowest BCUT2D eigenvalue weighted by Crippen LogP contribution is -2.15. The normalized spacial score (nSPS) is 11.8. The summed E-state index contributed by atoms with van der Waals surface area (Å²) < 4.78 is 15.1. The molecule has 1 amide bonds. The summed E-state index contributed by atoms with van der Waals surface area (Å²) in [7, 11) is 0. The molecule has 0 spiro atoms. The summed E-state index contributed by atoms with van der Waals surface area (Å²) in [6, 6.07) is 13.0. The van der Waals surface area contributed by atoms with Crippen LogP contribution in [0.1, 0.15) is 44.0 Å². The molecule has 0 saturated heterocycles. The number of aromatic nitrogens is 1. The number of nitrogens with two attached hydrogens (primary N) is 1. The molecule has 1 aliphatic carbocycles. The summed E-state index contributed by atoms with van der Waals surface area (Å²) in [4.78, 5) is 16.3. The lowest BCUT2D eigenvalue weighted by Gasteiger charge is -2.15. The molecular formula is C23H19FN2O. The number of amides is 1. The number of benzene rings is 2. The Morgan fingerprint density at radius 3 is 2.81 bits per heavy atom. The smallest absolute Gasteiger partial charge is 0.249 e. The summed E-state index contributed by atoms with van der Waals surface area (Å²) in [6.07, 6.45) is 2.68. The zero-order valence-electron chi connectivity index (χ0n) is 15.1. The van der Waals surface area contributed by atoms with Gasteiger partial charge in [-0.05, 0) is 65.4 Å². The molecule has 0 unspecified atom stereocenters. The summed E-state index contributed by atoms with van der Waals surface area (Å²) in [5.41, 5.74) is 12.6. The van der Waals surface area contributed by atoms with Crippen molar-refractivity contribution in [1.82, 2.24) is 4.98 Å². The average molecular weight is 358 g/mol. The van der Waals surface area contributed by atoms with Crippen LogP contribution in [-0.2, 0) is 12.8 Å². The summed E-state index contributed by atoms with van der Waals surface area (Å²) in [6.45, 7) is 5.67. The van der Waals surface area contributed by atoms with Gasteiger partial charge in [0.15, 0.2) is 0 Å². The molecule has 3 nitrogen and oxygen atoms in total. The Bertz CT molecular complexity index is 1100. The number of primary amides is 1. The van der Waals surface area contributed by atoms with Crippen molar-refractivity contribution in [3.8, 4) is 11.1 Å². The number of fused-ring (bicyclic) bond motifs is 3. The Morgan fingerprint density at radius 2 is 2.07 bits per heavy atom. The number of nitrogens with zero attached hydrogens (tertiary/aromatic N) is 1. The maximum atomic E-state index is 15.1. The van der Waals surface area contributed by atoms with Crippen LogP contribution in [0.2, 0.25) is 0 Å². The largest absolute Gasteiger partial charge is 0.366 e. The SMILES string of the molecule is C=Cc1cc(Cc2c(F)cc(C(N)=O)c3c2-c2ccccc2C3)cc(C)n1. The zero-order valence-corrected chi connectivity index (χ0v) is 15.1. The maximum absolute atomic E-state index is 15.1. The highest BCUT2D eigenvalue weighted by molar-refractivity contribution is 5.98. The van der Waals surface area contributed by atoms with Gasteiger partial charge in [-0.3, -0.25) is 9.78 Å². The highest BCUT2D eigenvalue weighted by Crippen LogP contribution is 2.42. The number of aryl methyl sites for hydroxylation is 1. The van der Waals surface area contributed by atoms with Crippen LogP contribution in [0.5, 0.6) is 0 Å². The van der Waals surface area contributed by atoms with Crippen LogP contribution in [0.15, 0.2) is 49.0 Å². The number of pyridine rings is 1. The van der Waals surface area contributed by atoms with Crippen molar-refractivity contribution in [2.45, 2.75) is 19.8 Å². The molecule has 1 aromatic heterocycles. The second-order valence-electron chi connectivity index (χ2n) is 6.86. The molecule has 3 aromatic rings. The molecule has 2 aromatic carbocycles. The minimum atomic E-state index is -0.599. The Kier molecular flexibility index (Phi) is 4.11. The van der Waals surface area contributed by atoms with Gasteiger partial charge in [-0.15, -0.1) is 0 Å². The van der Waals surface area contributed by atoms with Gasteiger partial charge in [-0.25, -0.2) is 4.39 Å². The zero-order chi connectivity index (χ0) is 19.1. The van der Waals surface area contributed by atoms with Crippen LogP contribution in [0.25, 0.3) is 17.2 Å². The number of rotatable bonds is 4. The van der Waals surface area contributed by atoms with E-state index in [1.807, 2.05) is 43.3 Å². The van der Waals surface area contributed by atoms with Crippen LogP contribution in [0, 0.1) is 12.7 Å². The van der Waals surface area contributed by atoms with Crippen molar-refractivity contribution in [2.24, 2.45) is 5.73 Å². The van der Waals surface area contributed by atoms with Crippen LogP contribution in [-0.4, -0.2) is 10.9 Å². The van der Waals surface area contributed by atoms with E-state index in [1.165, 1.54) is 6.07 Å². The van der Waals surface area contributed by atoms with Gasteiger partial charge in [-0.1, -0.05) is 30.8 Å². The first-order valence-electron chi connectivity index (χ1n) is 8.80. The third-order valence-electron chi connectivity index (χ3n) is 5.03. The Balaban J connectivity index is 1.93. The second-order valence-corrected chi connectivity index (χ2v) is 6.86. The highest BCUT2D eigenvalue weighted by Gasteiger charge is 2.28.